The molecule has 0 unspecified atom stereocenters. The van der Waals surface area contributed by atoms with Crippen LogP contribution in [0.25, 0.3) is 0 Å². The fourth-order valence-electron chi connectivity index (χ4n) is 4.83. The summed E-state index contributed by atoms with van der Waals surface area (Å²) in [4.78, 5) is 21.4. The van der Waals surface area contributed by atoms with Gasteiger partial charge in [-0.3, -0.25) is 4.21 Å². The average Bonchev–Trinajstić information content (AvgIpc) is 2.99. The van der Waals surface area contributed by atoms with Crippen molar-refractivity contribution in [3.63, 3.8) is 0 Å². The second-order valence-electron chi connectivity index (χ2n) is 9.79. The van der Waals surface area contributed by atoms with E-state index in [1.54, 1.807) is 12.4 Å². The lowest BCUT2D eigenvalue weighted by molar-refractivity contribution is 0.143. The monoisotopic (exact) mass is 476 g/mol. The predicted octanol–water partition coefficient (Wildman–Crippen LogP) is 3.07. The molecule has 0 spiro atoms. The lowest BCUT2D eigenvalue weighted by Crippen LogP contribution is -2.48. The number of fused-ring (bicyclic) bond motifs is 1. The van der Waals surface area contributed by atoms with Crippen molar-refractivity contribution in [2.45, 2.75) is 73.5 Å². The molecule has 0 aromatic carbocycles. The molecular weight excluding hydrogens is 448 g/mol. The maximum absolute atomic E-state index is 13.2. The van der Waals surface area contributed by atoms with E-state index in [-0.39, 0.29) is 22.8 Å². The first-order chi connectivity index (χ1) is 15.3. The number of hydrogen-bond acceptors (Lipinski definition) is 8. The van der Waals surface area contributed by atoms with Crippen LogP contribution in [0.2, 0.25) is 5.02 Å². The minimum atomic E-state index is -1.18. The number of nitrogens with one attached hydrogen (secondary N) is 1. The molecule has 3 aliphatic rings. The maximum Gasteiger partial charge on any atom is 0.225 e. The second-order valence-corrected chi connectivity index (χ2v) is 12.3. The maximum atomic E-state index is 13.2. The Hall–Kier alpha value is -1.84. The normalized spacial score (nSPS) is 24.1. The van der Waals surface area contributed by atoms with Crippen molar-refractivity contribution in [3.05, 3.63) is 28.9 Å². The molecule has 8 nitrogen and oxygen atoms in total. The quantitative estimate of drug-likeness (QED) is 0.678. The van der Waals surface area contributed by atoms with Gasteiger partial charge in [-0.1, -0.05) is 11.6 Å². The van der Waals surface area contributed by atoms with Crippen LogP contribution in [-0.4, -0.2) is 59.2 Å². The molecule has 10 heteroatoms. The van der Waals surface area contributed by atoms with E-state index in [9.17, 15) is 9.32 Å². The minimum absolute atomic E-state index is 0.0522. The van der Waals surface area contributed by atoms with Crippen LogP contribution in [0, 0.1) is 0 Å². The van der Waals surface area contributed by atoms with E-state index >= 15 is 0 Å². The van der Waals surface area contributed by atoms with Crippen LogP contribution in [0.15, 0.2) is 17.3 Å². The highest BCUT2D eigenvalue weighted by atomic mass is 35.5. The molecule has 2 N–H and O–H groups in total. The van der Waals surface area contributed by atoms with Gasteiger partial charge in [-0.2, -0.15) is 0 Å². The first kappa shape index (κ1) is 22.0. The molecule has 0 radical (unpaired) electrons. The first-order valence-corrected chi connectivity index (χ1v) is 12.8. The van der Waals surface area contributed by atoms with Gasteiger partial charge in [-0.25, -0.2) is 19.9 Å². The van der Waals surface area contributed by atoms with Crippen LogP contribution in [0.5, 0.6) is 0 Å². The second kappa shape index (κ2) is 8.18. The van der Waals surface area contributed by atoms with Crippen LogP contribution < -0.4 is 10.2 Å². The number of nitrogens with zero attached hydrogens (tertiary/aromatic N) is 5. The van der Waals surface area contributed by atoms with Gasteiger partial charge in [0, 0.05) is 25.4 Å². The third-order valence-corrected chi connectivity index (χ3v) is 9.12. The molecule has 5 rings (SSSR count). The van der Waals surface area contributed by atoms with Gasteiger partial charge in [0.2, 0.25) is 5.95 Å². The molecule has 2 aromatic heterocycles. The van der Waals surface area contributed by atoms with Gasteiger partial charge in [0.05, 0.1) is 50.8 Å². The Balaban J connectivity index is 1.41. The van der Waals surface area contributed by atoms with Crippen LogP contribution in [0.1, 0.15) is 63.4 Å². The molecule has 1 aliphatic carbocycles. The summed E-state index contributed by atoms with van der Waals surface area (Å²) in [6, 6.07) is 0. The Morgan fingerprint density at radius 2 is 1.91 bits per heavy atom. The largest absolute Gasteiger partial charge is 0.394 e. The third-order valence-electron chi connectivity index (χ3n) is 6.98. The lowest BCUT2D eigenvalue weighted by Gasteiger charge is -2.41. The van der Waals surface area contributed by atoms with E-state index < -0.39 is 10.8 Å². The fraction of sp³-hybridized carbons (Fsp3) is 0.636. The zero-order chi connectivity index (χ0) is 22.5. The van der Waals surface area contributed by atoms with Gasteiger partial charge in [0.15, 0.2) is 0 Å². The van der Waals surface area contributed by atoms with E-state index in [4.69, 9.17) is 21.6 Å². The molecule has 172 valence electrons. The molecule has 32 heavy (non-hydrogen) atoms. The van der Waals surface area contributed by atoms with Crippen LogP contribution in [0.3, 0.4) is 0 Å². The number of hydrogen-bond donors (Lipinski definition) is 2. The van der Waals surface area contributed by atoms with Gasteiger partial charge in [0.25, 0.3) is 0 Å². The van der Waals surface area contributed by atoms with Crippen molar-refractivity contribution in [1.29, 1.82) is 0 Å². The van der Waals surface area contributed by atoms with Crippen molar-refractivity contribution < 1.29 is 9.32 Å². The summed E-state index contributed by atoms with van der Waals surface area (Å²) in [6.07, 6.45) is 8.56. The predicted molar refractivity (Wildman–Crippen MR) is 125 cm³/mol. The summed E-state index contributed by atoms with van der Waals surface area (Å²) in [6.45, 7) is 5.71. The minimum Gasteiger partial charge on any atom is -0.394 e. The average molecular weight is 477 g/mol. The summed E-state index contributed by atoms with van der Waals surface area (Å²) in [7, 11) is -1.18. The van der Waals surface area contributed by atoms with E-state index in [0.29, 0.717) is 23.2 Å². The SMILES string of the molecule is CC1(C)Cc2nc(C3CCN(c4ncc(Cl)cn4)CC3)nc(NC3(CO)CCC3)c2[S@]1=O. The Kier molecular flexibility index (Phi) is 5.62. The summed E-state index contributed by atoms with van der Waals surface area (Å²) in [5, 5.41) is 14.0. The molecule has 1 saturated carbocycles. The number of aromatic nitrogens is 4. The van der Waals surface area contributed by atoms with Gasteiger partial charge in [-0.15, -0.1) is 0 Å². The van der Waals surface area contributed by atoms with Crippen LogP contribution in [0.4, 0.5) is 11.8 Å². The van der Waals surface area contributed by atoms with E-state index in [0.717, 1.165) is 61.6 Å². The van der Waals surface area contributed by atoms with Gasteiger partial charge in [0.1, 0.15) is 16.5 Å². The summed E-state index contributed by atoms with van der Waals surface area (Å²) < 4.78 is 12.9. The fourth-order valence-corrected chi connectivity index (χ4v) is 6.35. The van der Waals surface area contributed by atoms with Crippen molar-refractivity contribution in [1.82, 2.24) is 19.9 Å². The zero-order valence-corrected chi connectivity index (χ0v) is 20.0. The number of aliphatic hydroxyl groups excluding tert-OH is 1. The number of piperidine rings is 1. The van der Waals surface area contributed by atoms with Crippen molar-refractivity contribution >= 4 is 34.2 Å². The Morgan fingerprint density at radius 3 is 2.50 bits per heavy atom. The Labute approximate surface area is 195 Å². The topological polar surface area (TPSA) is 104 Å². The molecule has 4 heterocycles. The summed E-state index contributed by atoms with van der Waals surface area (Å²) in [5.41, 5.74) is 0.530. The lowest BCUT2D eigenvalue weighted by atomic mass is 9.77. The zero-order valence-electron chi connectivity index (χ0n) is 18.5. The highest BCUT2D eigenvalue weighted by Gasteiger charge is 2.44. The Bertz CT molecular complexity index is 1030. The van der Waals surface area contributed by atoms with E-state index in [1.165, 1.54) is 0 Å². The number of aliphatic hydroxyl groups is 1. The van der Waals surface area contributed by atoms with E-state index in [2.05, 4.69) is 20.2 Å². The molecule has 1 saturated heterocycles. The highest BCUT2D eigenvalue weighted by molar-refractivity contribution is 7.87. The number of rotatable bonds is 5. The number of halogens is 1. The molecule has 1 atom stereocenters. The Morgan fingerprint density at radius 1 is 1.22 bits per heavy atom. The molecule has 2 fully saturated rings. The van der Waals surface area contributed by atoms with Gasteiger partial charge >= 0.3 is 0 Å². The van der Waals surface area contributed by atoms with Crippen molar-refractivity contribution in [2.24, 2.45) is 0 Å². The van der Waals surface area contributed by atoms with Gasteiger partial charge < -0.3 is 15.3 Å². The molecule has 0 bridgehead atoms. The molecule has 2 aromatic rings. The smallest absolute Gasteiger partial charge is 0.225 e. The standard InChI is InChI=1S/C22H29ClN6O2S/c1-21(2)10-16-17(32(21)31)19(28-22(13-30)6-3-7-22)27-18(26-16)14-4-8-29(9-5-14)20-24-11-15(23)12-25-20/h11-12,14,30H,3-10,13H2,1-2H3,(H,26,27,28)/t32-/m1/s1. The molecule has 2 aliphatic heterocycles. The van der Waals surface area contributed by atoms with Crippen molar-refractivity contribution in [2.75, 3.05) is 29.9 Å². The first-order valence-electron chi connectivity index (χ1n) is 11.2. The summed E-state index contributed by atoms with van der Waals surface area (Å²) >= 11 is 5.91. The van der Waals surface area contributed by atoms with Crippen LogP contribution in [-0.2, 0) is 17.2 Å². The molecular formula is C22H29ClN6O2S. The van der Waals surface area contributed by atoms with E-state index in [1.807, 2.05) is 13.8 Å². The van der Waals surface area contributed by atoms with Crippen LogP contribution >= 0.6 is 11.6 Å². The third kappa shape index (κ3) is 3.88. The van der Waals surface area contributed by atoms with Gasteiger partial charge in [-0.05, 0) is 46.0 Å². The molecule has 0 amide bonds. The highest BCUT2D eigenvalue weighted by Crippen LogP contribution is 2.43. The number of anilines is 2. The summed E-state index contributed by atoms with van der Waals surface area (Å²) in [5.74, 6) is 2.38. The van der Waals surface area contributed by atoms with Crippen molar-refractivity contribution in [3.8, 4) is 0 Å².